The number of para-hydroxylation sites is 1. The van der Waals surface area contributed by atoms with Gasteiger partial charge in [0.15, 0.2) is 5.70 Å². The first-order chi connectivity index (χ1) is 10.7. The molecule has 5 nitrogen and oxygen atoms in total. The van der Waals surface area contributed by atoms with Crippen molar-refractivity contribution in [2.75, 3.05) is 0 Å². The van der Waals surface area contributed by atoms with Gasteiger partial charge in [-0.3, -0.25) is 0 Å². The summed E-state index contributed by atoms with van der Waals surface area (Å²) >= 11 is 0. The van der Waals surface area contributed by atoms with Crippen LogP contribution in [-0.2, 0) is 0 Å². The fourth-order valence-corrected chi connectivity index (χ4v) is 1.60. The van der Waals surface area contributed by atoms with Crippen LogP contribution in [0.4, 0.5) is 0 Å². The number of hydrogen-bond acceptors (Lipinski definition) is 5. The van der Waals surface area contributed by atoms with Crippen LogP contribution in [-0.4, -0.2) is 6.21 Å². The highest BCUT2D eigenvalue weighted by Crippen LogP contribution is 2.20. The van der Waals surface area contributed by atoms with E-state index in [2.05, 4.69) is 4.99 Å². The Morgan fingerprint density at radius 1 is 0.955 bits per heavy atom. The van der Waals surface area contributed by atoms with Crippen molar-refractivity contribution in [3.05, 3.63) is 71.6 Å². The zero-order valence-electron chi connectivity index (χ0n) is 11.6. The fourth-order valence-electron chi connectivity index (χ4n) is 1.60. The Morgan fingerprint density at radius 3 is 2.18 bits per heavy atom. The summed E-state index contributed by atoms with van der Waals surface area (Å²) < 4.78 is 5.67. The monoisotopic (exact) mass is 288 g/mol. The predicted octanol–water partition coefficient (Wildman–Crippen LogP) is 3.12. The van der Waals surface area contributed by atoms with E-state index in [9.17, 15) is 0 Å². The molecule has 0 aliphatic rings. The van der Waals surface area contributed by atoms with Crippen LogP contribution in [0.3, 0.4) is 0 Å². The highest BCUT2D eigenvalue weighted by Gasteiger charge is 1.99. The van der Waals surface area contributed by atoms with Crippen LogP contribution in [0.25, 0.3) is 0 Å². The second kappa shape index (κ2) is 7.28. The van der Waals surface area contributed by atoms with Gasteiger partial charge in [-0.15, -0.1) is 0 Å². The Labute approximate surface area is 128 Å². The minimum absolute atomic E-state index is 0.105. The van der Waals surface area contributed by atoms with Crippen LogP contribution in [0.5, 0.6) is 11.5 Å². The Morgan fingerprint density at radius 2 is 1.59 bits per heavy atom. The lowest BCUT2D eigenvalue weighted by Gasteiger charge is -2.05. The number of nitriles is 2. The molecular weight excluding hydrogens is 276 g/mol. The van der Waals surface area contributed by atoms with Crippen LogP contribution in [0.15, 0.2) is 71.0 Å². The molecule has 106 valence electrons. The van der Waals surface area contributed by atoms with Gasteiger partial charge in [-0.1, -0.05) is 18.2 Å². The predicted molar refractivity (Wildman–Crippen MR) is 83.0 cm³/mol. The molecule has 0 bridgehead atoms. The average molecular weight is 288 g/mol. The van der Waals surface area contributed by atoms with Crippen molar-refractivity contribution in [2.24, 2.45) is 10.7 Å². The summed E-state index contributed by atoms with van der Waals surface area (Å²) in [6.07, 6.45) is 1.47. The maximum Gasteiger partial charge on any atom is 0.174 e. The number of allylic oxidation sites excluding steroid dienone is 2. The number of nitrogens with zero attached hydrogens (tertiary/aromatic N) is 3. The highest BCUT2D eigenvalue weighted by atomic mass is 16.5. The fraction of sp³-hybridized carbons (Fsp3) is 0. The molecule has 0 saturated carbocycles. The van der Waals surface area contributed by atoms with E-state index in [-0.39, 0.29) is 11.4 Å². The zero-order valence-corrected chi connectivity index (χ0v) is 11.6. The molecular formula is C17H12N4O. The molecule has 0 aliphatic carbocycles. The van der Waals surface area contributed by atoms with Gasteiger partial charge in [0.05, 0.1) is 0 Å². The quantitative estimate of drug-likeness (QED) is 0.690. The number of aliphatic imine (C=N–C) groups is 1. The SMILES string of the molecule is N#C/C(N)=C(\C#N)N=Cc1ccc(Oc2ccccc2)cc1. The molecule has 2 aromatic rings. The summed E-state index contributed by atoms with van der Waals surface area (Å²) in [5.74, 6) is 1.44. The maximum absolute atomic E-state index is 8.84. The van der Waals surface area contributed by atoms with E-state index in [1.54, 1.807) is 36.4 Å². The molecule has 0 radical (unpaired) electrons. The van der Waals surface area contributed by atoms with Gasteiger partial charge in [-0.25, -0.2) is 4.99 Å². The van der Waals surface area contributed by atoms with Crippen LogP contribution in [0.2, 0.25) is 0 Å². The molecule has 0 unspecified atom stereocenters. The van der Waals surface area contributed by atoms with Crippen LogP contribution < -0.4 is 10.5 Å². The second-order valence-electron chi connectivity index (χ2n) is 4.23. The van der Waals surface area contributed by atoms with E-state index in [4.69, 9.17) is 21.0 Å². The molecule has 0 aliphatic heterocycles. The third kappa shape index (κ3) is 3.96. The number of benzene rings is 2. The first-order valence-corrected chi connectivity index (χ1v) is 6.40. The van der Waals surface area contributed by atoms with Gasteiger partial charge in [0.1, 0.15) is 29.3 Å². The van der Waals surface area contributed by atoms with Crippen molar-refractivity contribution < 1.29 is 4.74 Å². The van der Waals surface area contributed by atoms with Gasteiger partial charge in [-0.05, 0) is 42.0 Å². The topological polar surface area (TPSA) is 95.2 Å². The van der Waals surface area contributed by atoms with Crippen molar-refractivity contribution in [1.29, 1.82) is 10.5 Å². The number of nitrogens with two attached hydrogens (primary N) is 1. The van der Waals surface area contributed by atoms with Crippen LogP contribution >= 0.6 is 0 Å². The van der Waals surface area contributed by atoms with Crippen LogP contribution in [0.1, 0.15) is 5.56 Å². The molecule has 2 rings (SSSR count). The van der Waals surface area contributed by atoms with E-state index in [0.29, 0.717) is 5.75 Å². The molecule has 0 heterocycles. The van der Waals surface area contributed by atoms with E-state index in [1.165, 1.54) is 6.21 Å². The average Bonchev–Trinajstić information content (AvgIpc) is 2.57. The third-order valence-corrected chi connectivity index (χ3v) is 2.68. The van der Waals surface area contributed by atoms with Gasteiger partial charge in [-0.2, -0.15) is 10.5 Å². The third-order valence-electron chi connectivity index (χ3n) is 2.68. The van der Waals surface area contributed by atoms with E-state index < -0.39 is 0 Å². The van der Waals surface area contributed by atoms with E-state index in [0.717, 1.165) is 11.3 Å². The molecule has 0 saturated heterocycles. The summed E-state index contributed by atoms with van der Waals surface area (Å²) in [7, 11) is 0. The lowest BCUT2D eigenvalue weighted by atomic mass is 10.2. The number of rotatable bonds is 4. The minimum Gasteiger partial charge on any atom is -0.457 e. The van der Waals surface area contributed by atoms with Crippen LogP contribution in [0, 0.1) is 22.7 Å². The Balaban J connectivity index is 2.10. The van der Waals surface area contributed by atoms with Crippen molar-refractivity contribution in [2.45, 2.75) is 0 Å². The maximum atomic E-state index is 8.84. The van der Waals surface area contributed by atoms with Gasteiger partial charge in [0, 0.05) is 6.21 Å². The summed E-state index contributed by atoms with van der Waals surface area (Å²) in [4.78, 5) is 3.90. The molecule has 0 fully saturated rings. The molecule has 0 atom stereocenters. The Bertz CT molecular complexity index is 778. The second-order valence-corrected chi connectivity index (χ2v) is 4.23. The standard InChI is InChI=1S/C17H12N4O/c18-10-16(20)17(11-19)21-12-13-6-8-15(9-7-13)22-14-4-2-1-3-5-14/h1-9,12H,20H2/b17-16-,21-12?. The van der Waals surface area contributed by atoms with Crippen molar-refractivity contribution >= 4 is 6.21 Å². The summed E-state index contributed by atoms with van der Waals surface area (Å²) in [5.41, 5.74) is 5.82. The van der Waals surface area contributed by atoms with Crippen molar-refractivity contribution in [3.63, 3.8) is 0 Å². The van der Waals surface area contributed by atoms with E-state index in [1.807, 2.05) is 30.3 Å². The number of hydrogen-bond donors (Lipinski definition) is 1. The van der Waals surface area contributed by atoms with E-state index >= 15 is 0 Å². The lowest BCUT2D eigenvalue weighted by molar-refractivity contribution is 0.482. The van der Waals surface area contributed by atoms with Gasteiger partial charge in [0.25, 0.3) is 0 Å². The zero-order chi connectivity index (χ0) is 15.8. The lowest BCUT2D eigenvalue weighted by Crippen LogP contribution is -1.97. The highest BCUT2D eigenvalue weighted by molar-refractivity contribution is 5.81. The Kier molecular flexibility index (Phi) is 4.90. The Hall–Kier alpha value is -3.57. The van der Waals surface area contributed by atoms with Gasteiger partial charge >= 0.3 is 0 Å². The van der Waals surface area contributed by atoms with Crippen molar-refractivity contribution in [1.82, 2.24) is 0 Å². The molecule has 0 spiro atoms. The first kappa shape index (κ1) is 14.8. The summed E-state index contributed by atoms with van der Waals surface area (Å²) in [6, 6.07) is 20.1. The molecule has 5 heteroatoms. The molecule has 0 amide bonds. The molecule has 2 aromatic carbocycles. The molecule has 2 N–H and O–H groups in total. The summed E-state index contributed by atoms with van der Waals surface area (Å²) in [5, 5.41) is 17.5. The van der Waals surface area contributed by atoms with Gasteiger partial charge in [0.2, 0.25) is 0 Å². The first-order valence-electron chi connectivity index (χ1n) is 6.40. The summed E-state index contributed by atoms with van der Waals surface area (Å²) in [6.45, 7) is 0. The van der Waals surface area contributed by atoms with Gasteiger partial charge < -0.3 is 10.5 Å². The largest absolute Gasteiger partial charge is 0.457 e. The van der Waals surface area contributed by atoms with Crippen molar-refractivity contribution in [3.8, 4) is 23.6 Å². The smallest absolute Gasteiger partial charge is 0.174 e. The molecule has 0 aromatic heterocycles. The normalized spacial score (nSPS) is 11.4. The minimum atomic E-state index is -0.206. The molecule has 22 heavy (non-hydrogen) atoms. The number of ether oxygens (including phenoxy) is 1.